The third-order valence-corrected chi connectivity index (χ3v) is 4.25. The Morgan fingerprint density at radius 1 is 1.11 bits per heavy atom. The van der Waals surface area contributed by atoms with Crippen LogP contribution in [0.1, 0.15) is 5.56 Å². The maximum absolute atomic E-state index is 5.23. The van der Waals surface area contributed by atoms with E-state index in [1.165, 1.54) is 10.9 Å². The van der Waals surface area contributed by atoms with E-state index in [1.807, 2.05) is 42.6 Å². The van der Waals surface area contributed by atoms with Gasteiger partial charge in [0, 0.05) is 35.4 Å². The number of hydrogen-bond acceptors (Lipinski definition) is 6. The fraction of sp³-hybridized carbons (Fsp3) is 0.150. The molecule has 27 heavy (non-hydrogen) atoms. The van der Waals surface area contributed by atoms with Crippen LogP contribution in [0, 0.1) is 0 Å². The Balaban J connectivity index is 1.39. The summed E-state index contributed by atoms with van der Waals surface area (Å²) in [6.45, 7) is 0.714. The fourth-order valence-electron chi connectivity index (χ4n) is 2.93. The molecule has 4 aromatic rings. The number of hydrogen-bond donors (Lipinski definition) is 3. The van der Waals surface area contributed by atoms with Gasteiger partial charge in [-0.1, -0.05) is 24.3 Å². The maximum atomic E-state index is 5.23. The highest BCUT2D eigenvalue weighted by atomic mass is 16.5. The summed E-state index contributed by atoms with van der Waals surface area (Å²) in [6, 6.07) is 15.9. The molecule has 2 aromatic carbocycles. The molecule has 0 saturated heterocycles. The number of nitrogens with zero attached hydrogens (tertiary/aromatic N) is 3. The zero-order valence-corrected chi connectivity index (χ0v) is 14.9. The van der Waals surface area contributed by atoms with E-state index in [-0.39, 0.29) is 0 Å². The van der Waals surface area contributed by atoms with Gasteiger partial charge in [-0.05, 0) is 30.2 Å². The van der Waals surface area contributed by atoms with Crippen molar-refractivity contribution in [3.05, 3.63) is 66.5 Å². The Labute approximate surface area is 156 Å². The average Bonchev–Trinajstić information content (AvgIpc) is 3.12. The van der Waals surface area contributed by atoms with Gasteiger partial charge in [-0.2, -0.15) is 10.1 Å². The van der Waals surface area contributed by atoms with Crippen LogP contribution in [-0.2, 0) is 6.42 Å². The van der Waals surface area contributed by atoms with E-state index in [9.17, 15) is 0 Å². The lowest BCUT2D eigenvalue weighted by Gasteiger charge is -2.08. The van der Waals surface area contributed by atoms with Gasteiger partial charge in [-0.15, -0.1) is 5.10 Å². The van der Waals surface area contributed by atoms with Crippen molar-refractivity contribution in [3.63, 3.8) is 0 Å². The second-order valence-corrected chi connectivity index (χ2v) is 6.06. The summed E-state index contributed by atoms with van der Waals surface area (Å²) in [5.74, 6) is 1.88. The number of benzene rings is 2. The standard InChI is InChI=1S/C20H20N6O/c1-27-16-6-4-5-15(11-16)24-19-13-23-26-20(25-19)21-10-9-14-12-22-18-8-3-2-7-17(14)18/h2-8,11-13,22H,9-10H2,1H3,(H2,21,24,25,26). The van der Waals surface area contributed by atoms with Crippen molar-refractivity contribution >= 4 is 28.4 Å². The molecule has 4 rings (SSSR count). The molecule has 0 aliphatic rings. The first-order valence-corrected chi connectivity index (χ1v) is 8.71. The summed E-state index contributed by atoms with van der Waals surface area (Å²) in [7, 11) is 1.64. The highest BCUT2D eigenvalue weighted by Gasteiger charge is 2.05. The van der Waals surface area contributed by atoms with Crippen LogP contribution in [0.25, 0.3) is 10.9 Å². The molecule has 0 unspecified atom stereocenters. The molecule has 0 fully saturated rings. The third kappa shape index (κ3) is 3.98. The van der Waals surface area contributed by atoms with Crippen molar-refractivity contribution in [2.75, 3.05) is 24.3 Å². The van der Waals surface area contributed by atoms with Crippen molar-refractivity contribution in [2.45, 2.75) is 6.42 Å². The van der Waals surface area contributed by atoms with E-state index < -0.39 is 0 Å². The normalized spacial score (nSPS) is 10.7. The van der Waals surface area contributed by atoms with Crippen LogP contribution in [-0.4, -0.2) is 33.8 Å². The number of ether oxygens (including phenoxy) is 1. The minimum absolute atomic E-state index is 0.489. The summed E-state index contributed by atoms with van der Waals surface area (Å²) >= 11 is 0. The van der Waals surface area contributed by atoms with Gasteiger partial charge in [0.2, 0.25) is 5.95 Å². The molecule has 0 radical (unpaired) electrons. The molecule has 0 amide bonds. The summed E-state index contributed by atoms with van der Waals surface area (Å²) in [4.78, 5) is 7.75. The number of aromatic amines is 1. The lowest BCUT2D eigenvalue weighted by molar-refractivity contribution is 0.415. The van der Waals surface area contributed by atoms with Crippen LogP contribution in [0.5, 0.6) is 5.75 Å². The Morgan fingerprint density at radius 3 is 2.96 bits per heavy atom. The number of fused-ring (bicyclic) bond motifs is 1. The first-order chi connectivity index (χ1) is 13.3. The summed E-state index contributed by atoms with van der Waals surface area (Å²) in [6.07, 6.45) is 4.50. The SMILES string of the molecule is COc1cccc(Nc2cnnc(NCCc3c[nH]c4ccccc34)n2)c1. The first kappa shape index (κ1) is 16.8. The molecule has 2 aromatic heterocycles. The molecule has 0 aliphatic heterocycles. The predicted molar refractivity (Wildman–Crippen MR) is 107 cm³/mol. The van der Waals surface area contributed by atoms with E-state index in [4.69, 9.17) is 4.74 Å². The number of H-pyrrole nitrogens is 1. The Kier molecular flexibility index (Phi) is 4.82. The molecule has 3 N–H and O–H groups in total. The van der Waals surface area contributed by atoms with Crippen LogP contribution >= 0.6 is 0 Å². The molecule has 0 spiro atoms. The minimum Gasteiger partial charge on any atom is -0.497 e. The Morgan fingerprint density at radius 2 is 2.04 bits per heavy atom. The predicted octanol–water partition coefficient (Wildman–Crippen LogP) is 3.76. The van der Waals surface area contributed by atoms with Gasteiger partial charge >= 0.3 is 0 Å². The van der Waals surface area contributed by atoms with Gasteiger partial charge in [0.1, 0.15) is 5.75 Å². The third-order valence-electron chi connectivity index (χ3n) is 4.25. The minimum atomic E-state index is 0.489. The van der Waals surface area contributed by atoms with Crippen LogP contribution in [0.3, 0.4) is 0 Å². The fourth-order valence-corrected chi connectivity index (χ4v) is 2.93. The molecular weight excluding hydrogens is 340 g/mol. The molecular formula is C20H20N6O. The number of anilines is 3. The number of aromatic nitrogens is 4. The van der Waals surface area contributed by atoms with Crippen molar-refractivity contribution in [2.24, 2.45) is 0 Å². The van der Waals surface area contributed by atoms with Crippen LogP contribution < -0.4 is 15.4 Å². The number of nitrogens with one attached hydrogen (secondary N) is 3. The summed E-state index contributed by atoms with van der Waals surface area (Å²) < 4.78 is 5.23. The van der Waals surface area contributed by atoms with Crippen LogP contribution in [0.4, 0.5) is 17.5 Å². The topological polar surface area (TPSA) is 87.8 Å². The van der Waals surface area contributed by atoms with Crippen molar-refractivity contribution in [1.82, 2.24) is 20.2 Å². The zero-order chi connectivity index (χ0) is 18.5. The van der Waals surface area contributed by atoms with E-state index >= 15 is 0 Å². The highest BCUT2D eigenvalue weighted by Crippen LogP contribution is 2.20. The molecule has 0 saturated carbocycles. The Hall–Kier alpha value is -3.61. The summed E-state index contributed by atoms with van der Waals surface area (Å²) in [5, 5.41) is 15.7. The molecule has 7 heteroatoms. The second-order valence-electron chi connectivity index (χ2n) is 6.06. The largest absolute Gasteiger partial charge is 0.497 e. The number of rotatable bonds is 7. The van der Waals surface area contributed by atoms with Gasteiger partial charge in [0.15, 0.2) is 5.82 Å². The van der Waals surface area contributed by atoms with Crippen LogP contribution in [0.15, 0.2) is 60.9 Å². The number of para-hydroxylation sites is 1. The maximum Gasteiger partial charge on any atom is 0.244 e. The molecule has 0 atom stereocenters. The molecule has 136 valence electrons. The monoisotopic (exact) mass is 360 g/mol. The van der Waals surface area contributed by atoms with Gasteiger partial charge in [-0.3, -0.25) is 0 Å². The van der Waals surface area contributed by atoms with E-state index in [0.29, 0.717) is 18.3 Å². The lowest BCUT2D eigenvalue weighted by atomic mass is 10.1. The van der Waals surface area contributed by atoms with Gasteiger partial charge in [-0.25, -0.2) is 0 Å². The van der Waals surface area contributed by atoms with Crippen molar-refractivity contribution in [3.8, 4) is 5.75 Å². The summed E-state index contributed by atoms with van der Waals surface area (Å²) in [5.41, 5.74) is 3.28. The van der Waals surface area contributed by atoms with Crippen molar-refractivity contribution in [1.29, 1.82) is 0 Å². The van der Waals surface area contributed by atoms with E-state index in [1.54, 1.807) is 13.3 Å². The first-order valence-electron chi connectivity index (χ1n) is 8.71. The smallest absolute Gasteiger partial charge is 0.244 e. The lowest BCUT2D eigenvalue weighted by Crippen LogP contribution is -2.09. The quantitative estimate of drug-likeness (QED) is 0.465. The average molecular weight is 360 g/mol. The molecule has 7 nitrogen and oxygen atoms in total. The van der Waals surface area contributed by atoms with Gasteiger partial charge in [0.05, 0.1) is 13.3 Å². The van der Waals surface area contributed by atoms with Crippen LogP contribution in [0.2, 0.25) is 0 Å². The van der Waals surface area contributed by atoms with E-state index in [2.05, 4.69) is 42.9 Å². The highest BCUT2D eigenvalue weighted by molar-refractivity contribution is 5.83. The molecule has 2 heterocycles. The molecule has 0 aliphatic carbocycles. The van der Waals surface area contributed by atoms with Crippen molar-refractivity contribution < 1.29 is 4.74 Å². The van der Waals surface area contributed by atoms with Gasteiger partial charge < -0.3 is 20.4 Å². The molecule has 0 bridgehead atoms. The van der Waals surface area contributed by atoms with Gasteiger partial charge in [0.25, 0.3) is 0 Å². The van der Waals surface area contributed by atoms with E-state index in [0.717, 1.165) is 23.4 Å². The second kappa shape index (κ2) is 7.74. The number of methoxy groups -OCH3 is 1. The zero-order valence-electron chi connectivity index (χ0n) is 14.9. The Bertz CT molecular complexity index is 1050.